The van der Waals surface area contributed by atoms with E-state index in [9.17, 15) is 18.0 Å². The zero-order valence-corrected chi connectivity index (χ0v) is 16.4. The fourth-order valence-electron chi connectivity index (χ4n) is 4.50. The summed E-state index contributed by atoms with van der Waals surface area (Å²) in [6.45, 7) is 0.423. The largest absolute Gasteiger partial charge is 0.490 e. The number of hydrogen-bond donors (Lipinski definition) is 3. The van der Waals surface area contributed by atoms with Crippen LogP contribution in [0.25, 0.3) is 0 Å². The fraction of sp³-hybridized carbons (Fsp3) is 0.524. The Morgan fingerprint density at radius 1 is 1.27 bits per heavy atom. The van der Waals surface area contributed by atoms with Crippen LogP contribution in [-0.4, -0.2) is 24.6 Å². The first-order valence-corrected chi connectivity index (χ1v) is 9.95. The molecule has 2 saturated carbocycles. The molecule has 2 aliphatic rings. The number of carbonyl (C=O) groups excluding carboxylic acids is 1. The van der Waals surface area contributed by atoms with Crippen molar-refractivity contribution in [2.24, 2.45) is 23.3 Å². The minimum absolute atomic E-state index is 0.0324. The van der Waals surface area contributed by atoms with Gasteiger partial charge in [-0.05, 0) is 68.7 Å². The van der Waals surface area contributed by atoms with Crippen molar-refractivity contribution >= 4 is 5.91 Å². The van der Waals surface area contributed by atoms with Gasteiger partial charge >= 0.3 is 6.18 Å². The Hall–Kier alpha value is -2.73. The second kappa shape index (κ2) is 8.96. The summed E-state index contributed by atoms with van der Waals surface area (Å²) >= 11 is 0. The van der Waals surface area contributed by atoms with Crippen molar-refractivity contribution in [2.75, 3.05) is 6.54 Å². The lowest BCUT2D eigenvalue weighted by molar-refractivity contribution is -0.138. The minimum atomic E-state index is -4.61. The van der Waals surface area contributed by atoms with Gasteiger partial charge in [-0.1, -0.05) is 6.08 Å². The van der Waals surface area contributed by atoms with Gasteiger partial charge in [-0.25, -0.2) is 0 Å². The van der Waals surface area contributed by atoms with Crippen molar-refractivity contribution in [1.29, 1.82) is 5.26 Å². The van der Waals surface area contributed by atoms with Gasteiger partial charge in [-0.15, -0.1) is 0 Å². The van der Waals surface area contributed by atoms with Crippen LogP contribution in [0.3, 0.4) is 0 Å². The number of ether oxygens (including phenoxy) is 1. The Morgan fingerprint density at radius 2 is 1.93 bits per heavy atom. The normalized spacial score (nSPS) is 26.2. The van der Waals surface area contributed by atoms with Gasteiger partial charge in [0.1, 0.15) is 5.75 Å². The molecular formula is C21H25F3N4O2. The average molecular weight is 422 g/mol. The lowest BCUT2D eigenvalue weighted by atomic mass is 10.0. The molecule has 1 amide bonds. The zero-order valence-electron chi connectivity index (χ0n) is 16.4. The molecule has 3 rings (SSSR count). The highest BCUT2D eigenvalue weighted by atomic mass is 19.4. The standard InChI is InChI=1S/C21H25F3N4O2/c22-21(23,24)18-10-16(4-3-12(18)11-26)30-17-8-13-6-15(7-14(13)9-17)28-20(29)19(27)2-1-5-25/h2-4,10,13-15,17H,1,5-9,25,27H2,(H,28,29)/b19-2-. The number of alkyl halides is 3. The Labute approximate surface area is 173 Å². The Balaban J connectivity index is 1.55. The highest BCUT2D eigenvalue weighted by molar-refractivity contribution is 5.92. The Morgan fingerprint density at radius 3 is 2.50 bits per heavy atom. The minimum Gasteiger partial charge on any atom is -0.490 e. The molecule has 0 spiro atoms. The van der Waals surface area contributed by atoms with Crippen molar-refractivity contribution < 1.29 is 22.7 Å². The van der Waals surface area contributed by atoms with Crippen molar-refractivity contribution in [3.8, 4) is 11.8 Å². The van der Waals surface area contributed by atoms with Crippen LogP contribution in [0.5, 0.6) is 5.75 Å². The number of nitriles is 1. The van der Waals surface area contributed by atoms with Crippen molar-refractivity contribution in [3.63, 3.8) is 0 Å². The van der Waals surface area contributed by atoms with Gasteiger partial charge in [0, 0.05) is 6.04 Å². The molecule has 0 heterocycles. The van der Waals surface area contributed by atoms with Crippen LogP contribution in [0.15, 0.2) is 30.0 Å². The van der Waals surface area contributed by atoms with Crippen LogP contribution in [0.2, 0.25) is 0 Å². The molecule has 1 aromatic carbocycles. The molecule has 0 bridgehead atoms. The molecule has 2 aliphatic carbocycles. The number of nitrogens with two attached hydrogens (primary N) is 2. The predicted octanol–water partition coefficient (Wildman–Crippen LogP) is 2.82. The molecule has 2 atom stereocenters. The summed E-state index contributed by atoms with van der Waals surface area (Å²) in [5, 5.41) is 11.8. The SMILES string of the molecule is N#Cc1ccc(OC2CC3CC(NC(=O)/C(N)=C/CCN)CC3C2)cc1C(F)(F)F. The number of carbonyl (C=O) groups is 1. The van der Waals surface area contributed by atoms with E-state index in [2.05, 4.69) is 5.32 Å². The number of nitrogens with zero attached hydrogens (tertiary/aromatic N) is 1. The molecule has 5 N–H and O–H groups in total. The third-order valence-electron chi connectivity index (χ3n) is 5.82. The van der Waals surface area contributed by atoms with Crippen molar-refractivity contribution in [3.05, 3.63) is 41.1 Å². The molecule has 6 nitrogen and oxygen atoms in total. The Bertz CT molecular complexity index is 849. The van der Waals surface area contributed by atoms with E-state index in [-0.39, 0.29) is 29.5 Å². The van der Waals surface area contributed by atoms with Gasteiger partial charge in [0.15, 0.2) is 0 Å². The number of rotatable bonds is 6. The predicted molar refractivity (Wildman–Crippen MR) is 104 cm³/mol. The number of halogens is 3. The second-order valence-electron chi connectivity index (χ2n) is 7.93. The van der Waals surface area contributed by atoms with E-state index >= 15 is 0 Å². The first-order chi connectivity index (χ1) is 14.2. The number of amides is 1. The summed E-state index contributed by atoms with van der Waals surface area (Å²) in [5.74, 6) is 0.512. The molecule has 2 fully saturated rings. The summed E-state index contributed by atoms with van der Waals surface area (Å²) in [6, 6.07) is 5.04. The topological polar surface area (TPSA) is 114 Å². The van der Waals surface area contributed by atoms with Gasteiger partial charge in [0.2, 0.25) is 0 Å². The van der Waals surface area contributed by atoms with Crippen LogP contribution in [0, 0.1) is 23.2 Å². The number of fused-ring (bicyclic) bond motifs is 1. The fourth-order valence-corrected chi connectivity index (χ4v) is 4.50. The summed E-state index contributed by atoms with van der Waals surface area (Å²) < 4.78 is 45.2. The van der Waals surface area contributed by atoms with Crippen LogP contribution in [0.4, 0.5) is 13.2 Å². The van der Waals surface area contributed by atoms with Gasteiger partial charge in [0.05, 0.1) is 29.0 Å². The third kappa shape index (κ3) is 5.05. The van der Waals surface area contributed by atoms with Gasteiger partial charge in [0.25, 0.3) is 5.91 Å². The molecule has 2 unspecified atom stereocenters. The second-order valence-corrected chi connectivity index (χ2v) is 7.93. The zero-order chi connectivity index (χ0) is 21.9. The van der Waals surface area contributed by atoms with E-state index in [0.29, 0.717) is 24.8 Å². The molecule has 0 aromatic heterocycles. The molecule has 162 valence electrons. The van der Waals surface area contributed by atoms with E-state index in [0.717, 1.165) is 37.8 Å². The van der Waals surface area contributed by atoms with Crippen LogP contribution >= 0.6 is 0 Å². The first-order valence-electron chi connectivity index (χ1n) is 9.95. The maximum Gasteiger partial charge on any atom is 0.417 e. The summed E-state index contributed by atoms with van der Waals surface area (Å²) in [4.78, 5) is 12.1. The molecule has 1 aromatic rings. The van der Waals surface area contributed by atoms with Gasteiger partial charge in [-0.2, -0.15) is 18.4 Å². The van der Waals surface area contributed by atoms with Crippen LogP contribution < -0.4 is 21.5 Å². The summed E-state index contributed by atoms with van der Waals surface area (Å²) in [5.41, 5.74) is 9.91. The lowest BCUT2D eigenvalue weighted by Crippen LogP contribution is -2.36. The highest BCUT2D eigenvalue weighted by Crippen LogP contribution is 2.45. The number of benzene rings is 1. The van der Waals surface area contributed by atoms with E-state index in [4.69, 9.17) is 21.5 Å². The molecule has 0 aliphatic heterocycles. The smallest absolute Gasteiger partial charge is 0.417 e. The van der Waals surface area contributed by atoms with Crippen molar-refractivity contribution in [1.82, 2.24) is 5.32 Å². The average Bonchev–Trinajstić information content (AvgIpc) is 3.23. The van der Waals surface area contributed by atoms with E-state index in [1.807, 2.05) is 0 Å². The van der Waals surface area contributed by atoms with Crippen LogP contribution in [0.1, 0.15) is 43.2 Å². The van der Waals surface area contributed by atoms with E-state index in [1.54, 1.807) is 12.1 Å². The highest BCUT2D eigenvalue weighted by Gasteiger charge is 2.43. The van der Waals surface area contributed by atoms with Crippen molar-refractivity contribution in [2.45, 2.75) is 50.4 Å². The number of hydrogen-bond acceptors (Lipinski definition) is 5. The van der Waals surface area contributed by atoms with Gasteiger partial charge in [-0.3, -0.25) is 4.79 Å². The molecule has 0 radical (unpaired) electrons. The maximum atomic E-state index is 13.1. The quantitative estimate of drug-likeness (QED) is 0.610. The third-order valence-corrected chi connectivity index (χ3v) is 5.82. The maximum absolute atomic E-state index is 13.1. The molecule has 0 saturated heterocycles. The van der Waals surface area contributed by atoms with Crippen LogP contribution in [-0.2, 0) is 11.0 Å². The molecule has 30 heavy (non-hydrogen) atoms. The summed E-state index contributed by atoms with van der Waals surface area (Å²) in [7, 11) is 0. The first kappa shape index (κ1) is 22.0. The van der Waals surface area contributed by atoms with E-state index in [1.165, 1.54) is 6.07 Å². The molecule has 9 heteroatoms. The lowest BCUT2D eigenvalue weighted by Gasteiger charge is -2.19. The Kier molecular flexibility index (Phi) is 6.56. The summed E-state index contributed by atoms with van der Waals surface area (Å²) in [6.07, 6.45) is 0.390. The number of nitrogens with one attached hydrogen (secondary N) is 1. The van der Waals surface area contributed by atoms with E-state index < -0.39 is 17.3 Å². The monoisotopic (exact) mass is 422 g/mol. The molecular weight excluding hydrogens is 397 g/mol. The van der Waals surface area contributed by atoms with Gasteiger partial charge < -0.3 is 21.5 Å².